The van der Waals surface area contributed by atoms with Crippen molar-refractivity contribution < 1.29 is 19.4 Å². The highest BCUT2D eigenvalue weighted by Gasteiger charge is 2.44. The Bertz CT molecular complexity index is 608. The molecule has 1 N–H and O–H groups in total. The molecule has 0 aromatic heterocycles. The summed E-state index contributed by atoms with van der Waals surface area (Å²) in [5.41, 5.74) is 0.794. The van der Waals surface area contributed by atoms with Crippen molar-refractivity contribution in [2.24, 2.45) is 17.8 Å². The third-order valence-corrected chi connectivity index (χ3v) is 4.61. The number of rotatable bonds is 3. The molecule has 2 aliphatic rings. The van der Waals surface area contributed by atoms with Crippen LogP contribution in [0, 0.1) is 17.8 Å². The van der Waals surface area contributed by atoms with E-state index in [1.54, 1.807) is 12.0 Å². The van der Waals surface area contributed by atoms with Crippen LogP contribution in [0.4, 0.5) is 5.69 Å². The third-order valence-electron chi connectivity index (χ3n) is 4.61. The Labute approximate surface area is 129 Å². The SMILES string of the molecule is COc1ccc(N2CC[C@@H]3C=CC[C@H](C(=O)O)[C@@H]3C2=O)cc1. The van der Waals surface area contributed by atoms with E-state index >= 15 is 0 Å². The largest absolute Gasteiger partial charge is 0.497 e. The van der Waals surface area contributed by atoms with E-state index in [2.05, 4.69) is 0 Å². The number of ether oxygens (including phenoxy) is 1. The number of carbonyl (C=O) groups excluding carboxylic acids is 1. The Morgan fingerprint density at radius 2 is 2.05 bits per heavy atom. The topological polar surface area (TPSA) is 66.8 Å². The molecule has 3 rings (SSSR count). The maximum Gasteiger partial charge on any atom is 0.307 e. The molecule has 3 atom stereocenters. The van der Waals surface area contributed by atoms with E-state index in [1.807, 2.05) is 36.4 Å². The summed E-state index contributed by atoms with van der Waals surface area (Å²) >= 11 is 0. The van der Waals surface area contributed by atoms with Gasteiger partial charge in [-0.15, -0.1) is 0 Å². The fourth-order valence-corrected chi connectivity index (χ4v) is 3.44. The predicted molar refractivity (Wildman–Crippen MR) is 81.8 cm³/mol. The van der Waals surface area contributed by atoms with Crippen LogP contribution in [-0.4, -0.2) is 30.6 Å². The normalized spacial score (nSPS) is 27.4. The minimum Gasteiger partial charge on any atom is -0.497 e. The molecule has 1 fully saturated rings. The van der Waals surface area contributed by atoms with Crippen molar-refractivity contribution in [2.45, 2.75) is 12.8 Å². The van der Waals surface area contributed by atoms with Crippen molar-refractivity contribution in [3.8, 4) is 5.75 Å². The Balaban J connectivity index is 1.87. The lowest BCUT2D eigenvalue weighted by Crippen LogP contribution is -2.50. The number of hydrogen-bond donors (Lipinski definition) is 1. The average molecular weight is 301 g/mol. The maximum absolute atomic E-state index is 12.8. The molecule has 1 heterocycles. The fourth-order valence-electron chi connectivity index (χ4n) is 3.44. The highest BCUT2D eigenvalue weighted by atomic mass is 16.5. The van der Waals surface area contributed by atoms with Crippen LogP contribution in [0.15, 0.2) is 36.4 Å². The minimum absolute atomic E-state index is 0.0387. The Hall–Kier alpha value is -2.30. The summed E-state index contributed by atoms with van der Waals surface area (Å²) in [4.78, 5) is 26.0. The number of amides is 1. The number of carboxylic acid groups (broad SMARTS) is 1. The Morgan fingerprint density at radius 3 is 2.68 bits per heavy atom. The molecule has 1 saturated heterocycles. The van der Waals surface area contributed by atoms with E-state index in [0.29, 0.717) is 13.0 Å². The maximum atomic E-state index is 12.8. The minimum atomic E-state index is -0.885. The van der Waals surface area contributed by atoms with E-state index in [4.69, 9.17) is 4.74 Å². The highest BCUT2D eigenvalue weighted by Crippen LogP contribution is 2.39. The van der Waals surface area contributed by atoms with Gasteiger partial charge in [0.1, 0.15) is 5.75 Å². The van der Waals surface area contributed by atoms with Gasteiger partial charge in [0.25, 0.3) is 0 Å². The van der Waals surface area contributed by atoms with Gasteiger partial charge >= 0.3 is 5.97 Å². The second-order valence-electron chi connectivity index (χ2n) is 5.77. The zero-order valence-electron chi connectivity index (χ0n) is 12.4. The van der Waals surface area contributed by atoms with Crippen molar-refractivity contribution in [3.63, 3.8) is 0 Å². The van der Waals surface area contributed by atoms with Gasteiger partial charge in [0.2, 0.25) is 5.91 Å². The summed E-state index contributed by atoms with van der Waals surface area (Å²) in [6.45, 7) is 0.614. The molecular formula is C17H19NO4. The van der Waals surface area contributed by atoms with Gasteiger partial charge < -0.3 is 14.7 Å². The number of allylic oxidation sites excluding steroid dienone is 2. The standard InChI is InChI=1S/C17H19NO4/c1-22-13-7-5-12(6-8-13)18-10-9-11-3-2-4-14(17(20)21)15(11)16(18)19/h2-3,5-8,11,14-15H,4,9-10H2,1H3,(H,20,21)/t11-,14-,15+/m0/s1. The Morgan fingerprint density at radius 1 is 1.32 bits per heavy atom. The number of aliphatic carboxylic acids is 1. The van der Waals surface area contributed by atoms with Crippen LogP contribution in [0.25, 0.3) is 0 Å². The molecule has 1 aromatic carbocycles. The van der Waals surface area contributed by atoms with Crippen LogP contribution in [0.5, 0.6) is 5.75 Å². The second kappa shape index (κ2) is 5.83. The van der Waals surface area contributed by atoms with Crippen molar-refractivity contribution in [3.05, 3.63) is 36.4 Å². The molecule has 0 spiro atoms. The first-order valence-electron chi connectivity index (χ1n) is 7.46. The predicted octanol–water partition coefficient (Wildman–Crippen LogP) is 2.33. The van der Waals surface area contributed by atoms with Crippen molar-refractivity contribution in [2.75, 3.05) is 18.6 Å². The van der Waals surface area contributed by atoms with E-state index in [9.17, 15) is 14.7 Å². The number of methoxy groups -OCH3 is 1. The summed E-state index contributed by atoms with van der Waals surface area (Å²) in [5.74, 6) is -1.28. The van der Waals surface area contributed by atoms with E-state index in [0.717, 1.165) is 17.9 Å². The number of carbonyl (C=O) groups is 2. The van der Waals surface area contributed by atoms with Crippen molar-refractivity contribution >= 4 is 17.6 Å². The lowest BCUT2D eigenvalue weighted by Gasteiger charge is -2.40. The lowest BCUT2D eigenvalue weighted by atomic mass is 9.71. The number of carboxylic acids is 1. The van der Waals surface area contributed by atoms with Gasteiger partial charge in [0, 0.05) is 12.2 Å². The molecule has 1 aliphatic heterocycles. The number of piperidine rings is 1. The average Bonchev–Trinajstić information content (AvgIpc) is 2.55. The summed E-state index contributed by atoms with van der Waals surface area (Å²) < 4.78 is 5.13. The smallest absolute Gasteiger partial charge is 0.307 e. The molecule has 116 valence electrons. The lowest BCUT2D eigenvalue weighted by molar-refractivity contribution is -0.148. The molecule has 5 nitrogen and oxygen atoms in total. The van der Waals surface area contributed by atoms with E-state index in [-0.39, 0.29) is 11.8 Å². The first kappa shape index (κ1) is 14.6. The van der Waals surface area contributed by atoms with Gasteiger partial charge in [-0.2, -0.15) is 0 Å². The first-order valence-corrected chi connectivity index (χ1v) is 7.46. The van der Waals surface area contributed by atoms with Crippen LogP contribution < -0.4 is 9.64 Å². The summed E-state index contributed by atoms with van der Waals surface area (Å²) in [7, 11) is 1.59. The third kappa shape index (κ3) is 2.47. The van der Waals surface area contributed by atoms with E-state index < -0.39 is 17.8 Å². The number of anilines is 1. The van der Waals surface area contributed by atoms with Crippen molar-refractivity contribution in [1.29, 1.82) is 0 Å². The second-order valence-corrected chi connectivity index (χ2v) is 5.77. The fraction of sp³-hybridized carbons (Fsp3) is 0.412. The van der Waals surface area contributed by atoms with Crippen LogP contribution in [0.2, 0.25) is 0 Å². The van der Waals surface area contributed by atoms with Crippen LogP contribution in [0.3, 0.4) is 0 Å². The van der Waals surface area contributed by atoms with Gasteiger partial charge in [0.05, 0.1) is 18.9 Å². The number of fused-ring (bicyclic) bond motifs is 1. The van der Waals surface area contributed by atoms with Gasteiger partial charge in [-0.05, 0) is 43.0 Å². The molecule has 5 heteroatoms. The molecule has 0 saturated carbocycles. The first-order chi connectivity index (χ1) is 10.6. The van der Waals surface area contributed by atoms with E-state index in [1.165, 1.54) is 0 Å². The molecule has 1 aliphatic carbocycles. The number of hydrogen-bond acceptors (Lipinski definition) is 3. The number of nitrogens with zero attached hydrogens (tertiary/aromatic N) is 1. The molecule has 0 unspecified atom stereocenters. The molecule has 1 aromatic rings. The van der Waals surface area contributed by atoms with Gasteiger partial charge in [-0.1, -0.05) is 12.2 Å². The molecule has 0 bridgehead atoms. The summed E-state index contributed by atoms with van der Waals surface area (Å²) in [5, 5.41) is 9.40. The number of benzene rings is 1. The van der Waals surface area contributed by atoms with Crippen LogP contribution >= 0.6 is 0 Å². The molecule has 1 amide bonds. The highest BCUT2D eigenvalue weighted by molar-refractivity contribution is 5.98. The monoisotopic (exact) mass is 301 g/mol. The van der Waals surface area contributed by atoms with Gasteiger partial charge in [-0.3, -0.25) is 9.59 Å². The van der Waals surface area contributed by atoms with Gasteiger partial charge in [-0.25, -0.2) is 0 Å². The van der Waals surface area contributed by atoms with Crippen LogP contribution in [0.1, 0.15) is 12.8 Å². The molecule has 22 heavy (non-hydrogen) atoms. The molecular weight excluding hydrogens is 282 g/mol. The zero-order chi connectivity index (χ0) is 15.7. The Kier molecular flexibility index (Phi) is 3.88. The quantitative estimate of drug-likeness (QED) is 0.870. The molecule has 0 radical (unpaired) electrons. The summed E-state index contributed by atoms with van der Waals surface area (Å²) in [6.07, 6.45) is 5.13. The summed E-state index contributed by atoms with van der Waals surface area (Å²) in [6, 6.07) is 7.30. The van der Waals surface area contributed by atoms with Gasteiger partial charge in [0.15, 0.2) is 0 Å². The van der Waals surface area contributed by atoms with Crippen molar-refractivity contribution in [1.82, 2.24) is 0 Å². The van der Waals surface area contributed by atoms with Crippen LogP contribution in [-0.2, 0) is 9.59 Å². The zero-order valence-corrected chi connectivity index (χ0v) is 12.4.